The van der Waals surface area contributed by atoms with Gasteiger partial charge in [0.2, 0.25) is 0 Å². The molecule has 0 saturated carbocycles. The Balaban J connectivity index is 1.95. The number of benzene rings is 1. The summed E-state index contributed by atoms with van der Waals surface area (Å²) in [5, 5.41) is 3.54. The molecule has 0 amide bonds. The summed E-state index contributed by atoms with van der Waals surface area (Å²) in [5.74, 6) is 0.713. The topological polar surface area (TPSA) is 9.23 Å². The van der Waals surface area contributed by atoms with E-state index in [0.29, 0.717) is 5.92 Å². The Morgan fingerprint density at radius 3 is 2.87 bits per heavy atom. The number of thiophene rings is 1. The van der Waals surface area contributed by atoms with E-state index in [2.05, 4.69) is 29.6 Å². The van der Waals surface area contributed by atoms with Crippen molar-refractivity contribution in [1.29, 1.82) is 0 Å². The summed E-state index contributed by atoms with van der Waals surface area (Å²) < 4.78 is 6.81. The van der Waals surface area contributed by atoms with Crippen molar-refractivity contribution in [3.05, 3.63) is 35.2 Å². The Morgan fingerprint density at radius 2 is 2.00 bits per heavy atom. The molecule has 1 saturated heterocycles. The standard InChI is InChI=1S/C13H14OS/c1-2-12(10-3-6-14-7-4-10)9-13-11(1)5-8-15-13/h1-2,5,8-10H,3-4,6-7H2. The molecule has 15 heavy (non-hydrogen) atoms. The third-order valence-corrected chi connectivity index (χ3v) is 4.05. The normalized spacial score (nSPS) is 18.4. The number of rotatable bonds is 1. The molecule has 78 valence electrons. The molecule has 0 spiro atoms. The van der Waals surface area contributed by atoms with Crippen molar-refractivity contribution in [2.75, 3.05) is 13.2 Å². The Bertz CT molecular complexity index is 454. The Labute approximate surface area is 93.7 Å². The van der Waals surface area contributed by atoms with E-state index in [1.165, 1.54) is 28.5 Å². The smallest absolute Gasteiger partial charge is 0.0471 e. The highest BCUT2D eigenvalue weighted by Crippen LogP contribution is 2.30. The molecule has 0 aliphatic carbocycles. The van der Waals surface area contributed by atoms with Crippen molar-refractivity contribution < 1.29 is 4.74 Å². The fraction of sp³-hybridized carbons (Fsp3) is 0.385. The summed E-state index contributed by atoms with van der Waals surface area (Å²) >= 11 is 1.83. The molecule has 1 fully saturated rings. The summed E-state index contributed by atoms with van der Waals surface area (Å²) in [5.41, 5.74) is 1.49. The maximum absolute atomic E-state index is 5.40. The fourth-order valence-electron chi connectivity index (χ4n) is 2.26. The van der Waals surface area contributed by atoms with E-state index in [4.69, 9.17) is 4.74 Å². The van der Waals surface area contributed by atoms with Gasteiger partial charge >= 0.3 is 0 Å². The predicted molar refractivity (Wildman–Crippen MR) is 64.6 cm³/mol. The highest BCUT2D eigenvalue weighted by molar-refractivity contribution is 7.17. The minimum absolute atomic E-state index is 0.713. The van der Waals surface area contributed by atoms with Crippen molar-refractivity contribution in [3.8, 4) is 0 Å². The van der Waals surface area contributed by atoms with E-state index in [-0.39, 0.29) is 0 Å². The van der Waals surface area contributed by atoms with Gasteiger partial charge in [-0.2, -0.15) is 0 Å². The van der Waals surface area contributed by atoms with E-state index < -0.39 is 0 Å². The molecule has 2 heteroatoms. The number of ether oxygens (including phenoxy) is 1. The average Bonchev–Trinajstić information content (AvgIpc) is 2.77. The van der Waals surface area contributed by atoms with Crippen LogP contribution in [0.2, 0.25) is 0 Å². The zero-order valence-electron chi connectivity index (χ0n) is 8.61. The molecular weight excluding hydrogens is 204 g/mol. The molecule has 1 aromatic carbocycles. The van der Waals surface area contributed by atoms with Crippen molar-refractivity contribution >= 4 is 21.4 Å². The summed E-state index contributed by atoms with van der Waals surface area (Å²) in [6, 6.07) is 9.07. The van der Waals surface area contributed by atoms with Crippen molar-refractivity contribution in [2.45, 2.75) is 18.8 Å². The molecular formula is C13H14OS. The van der Waals surface area contributed by atoms with E-state index in [1.807, 2.05) is 11.3 Å². The maximum atomic E-state index is 5.40. The van der Waals surface area contributed by atoms with Crippen LogP contribution < -0.4 is 0 Å². The second kappa shape index (κ2) is 3.95. The lowest BCUT2D eigenvalue weighted by molar-refractivity contribution is 0.0853. The summed E-state index contributed by atoms with van der Waals surface area (Å²) in [7, 11) is 0. The van der Waals surface area contributed by atoms with Gasteiger partial charge in [-0.15, -0.1) is 11.3 Å². The average molecular weight is 218 g/mol. The largest absolute Gasteiger partial charge is 0.381 e. The molecule has 0 unspecified atom stereocenters. The van der Waals surface area contributed by atoms with Gasteiger partial charge in [0, 0.05) is 17.9 Å². The highest BCUT2D eigenvalue weighted by atomic mass is 32.1. The second-order valence-electron chi connectivity index (χ2n) is 4.10. The van der Waals surface area contributed by atoms with Crippen LogP contribution in [0.4, 0.5) is 0 Å². The zero-order valence-corrected chi connectivity index (χ0v) is 9.43. The molecule has 0 bridgehead atoms. The van der Waals surface area contributed by atoms with Crippen LogP contribution in [0.15, 0.2) is 29.6 Å². The molecule has 2 heterocycles. The Hall–Kier alpha value is -0.860. The van der Waals surface area contributed by atoms with Gasteiger partial charge in [0.1, 0.15) is 0 Å². The summed E-state index contributed by atoms with van der Waals surface area (Å²) in [6.07, 6.45) is 2.35. The minimum Gasteiger partial charge on any atom is -0.381 e. The van der Waals surface area contributed by atoms with E-state index in [1.54, 1.807) is 0 Å². The quantitative estimate of drug-likeness (QED) is 0.707. The predicted octanol–water partition coefficient (Wildman–Crippen LogP) is 3.80. The highest BCUT2D eigenvalue weighted by Gasteiger charge is 2.15. The first-order chi connectivity index (χ1) is 7.43. The molecule has 1 nitrogen and oxygen atoms in total. The van der Waals surface area contributed by atoms with Gasteiger partial charge in [0.05, 0.1) is 0 Å². The Kier molecular flexibility index (Phi) is 2.47. The third-order valence-electron chi connectivity index (χ3n) is 3.17. The molecule has 1 aromatic heterocycles. The number of hydrogen-bond acceptors (Lipinski definition) is 2. The van der Waals surface area contributed by atoms with Crippen molar-refractivity contribution in [2.24, 2.45) is 0 Å². The zero-order chi connectivity index (χ0) is 10.1. The monoisotopic (exact) mass is 218 g/mol. The molecule has 2 aromatic rings. The lowest BCUT2D eigenvalue weighted by atomic mass is 9.91. The van der Waals surface area contributed by atoms with Crippen LogP contribution in [0.5, 0.6) is 0 Å². The van der Waals surface area contributed by atoms with E-state index >= 15 is 0 Å². The first-order valence-corrected chi connectivity index (χ1v) is 6.36. The van der Waals surface area contributed by atoms with Crippen LogP contribution in [0.1, 0.15) is 24.3 Å². The molecule has 3 rings (SSSR count). The molecule has 0 atom stereocenters. The summed E-state index contributed by atoms with van der Waals surface area (Å²) in [6.45, 7) is 1.85. The van der Waals surface area contributed by atoms with Crippen molar-refractivity contribution in [1.82, 2.24) is 0 Å². The van der Waals surface area contributed by atoms with Gasteiger partial charge < -0.3 is 4.74 Å². The van der Waals surface area contributed by atoms with Crippen LogP contribution in [-0.2, 0) is 4.74 Å². The van der Waals surface area contributed by atoms with Gasteiger partial charge in [0.15, 0.2) is 0 Å². The lowest BCUT2D eigenvalue weighted by Crippen LogP contribution is -2.13. The van der Waals surface area contributed by atoms with Crippen LogP contribution in [-0.4, -0.2) is 13.2 Å². The molecule has 1 aliphatic heterocycles. The molecule has 1 aliphatic rings. The van der Waals surface area contributed by atoms with Gasteiger partial charge in [-0.1, -0.05) is 12.1 Å². The van der Waals surface area contributed by atoms with Crippen LogP contribution in [0.25, 0.3) is 10.1 Å². The van der Waals surface area contributed by atoms with E-state index in [9.17, 15) is 0 Å². The lowest BCUT2D eigenvalue weighted by Gasteiger charge is -2.22. The second-order valence-corrected chi connectivity index (χ2v) is 5.05. The fourth-order valence-corrected chi connectivity index (χ4v) is 3.09. The van der Waals surface area contributed by atoms with Crippen LogP contribution in [0.3, 0.4) is 0 Å². The molecule has 0 radical (unpaired) electrons. The SMILES string of the molecule is c1cc2ccc(C3CCOCC3)cc2s1. The maximum Gasteiger partial charge on any atom is 0.0471 e. The number of hydrogen-bond donors (Lipinski definition) is 0. The van der Waals surface area contributed by atoms with Crippen molar-refractivity contribution in [3.63, 3.8) is 0 Å². The third kappa shape index (κ3) is 1.80. The van der Waals surface area contributed by atoms with Crippen LogP contribution >= 0.6 is 11.3 Å². The van der Waals surface area contributed by atoms with Crippen LogP contribution in [0, 0.1) is 0 Å². The molecule has 0 N–H and O–H groups in total. The Morgan fingerprint density at radius 1 is 1.13 bits per heavy atom. The summed E-state index contributed by atoms with van der Waals surface area (Å²) in [4.78, 5) is 0. The van der Waals surface area contributed by atoms with Gasteiger partial charge in [-0.25, -0.2) is 0 Å². The minimum atomic E-state index is 0.713. The van der Waals surface area contributed by atoms with Gasteiger partial charge in [-0.05, 0) is 47.2 Å². The first-order valence-electron chi connectivity index (χ1n) is 5.48. The van der Waals surface area contributed by atoms with Gasteiger partial charge in [0.25, 0.3) is 0 Å². The van der Waals surface area contributed by atoms with Gasteiger partial charge in [-0.3, -0.25) is 0 Å². The first kappa shape index (κ1) is 9.37. The number of fused-ring (bicyclic) bond motifs is 1. The van der Waals surface area contributed by atoms with E-state index in [0.717, 1.165) is 13.2 Å².